The van der Waals surface area contributed by atoms with Crippen LogP contribution in [0.3, 0.4) is 0 Å². The Morgan fingerprint density at radius 3 is 3.12 bits per heavy atom. The summed E-state index contributed by atoms with van der Waals surface area (Å²) in [6.07, 6.45) is 5.30. The van der Waals surface area contributed by atoms with Crippen molar-refractivity contribution in [2.24, 2.45) is 0 Å². The molecule has 0 aliphatic rings. The van der Waals surface area contributed by atoms with Crippen LogP contribution in [0.4, 0.5) is 5.69 Å². The highest BCUT2D eigenvalue weighted by molar-refractivity contribution is 5.89. The molecule has 3 aromatic rings. The van der Waals surface area contributed by atoms with Crippen LogP contribution in [0, 0.1) is 0 Å². The van der Waals surface area contributed by atoms with Crippen molar-refractivity contribution in [2.75, 3.05) is 5.32 Å². The second kappa shape index (κ2) is 3.69. The molecule has 0 atom stereocenters. The maximum Gasteiger partial charge on any atom is 0.0922 e. The first-order valence-corrected chi connectivity index (χ1v) is 5.07. The van der Waals surface area contributed by atoms with E-state index in [1.165, 1.54) is 0 Å². The molecule has 0 bridgehead atoms. The van der Waals surface area contributed by atoms with Crippen molar-refractivity contribution < 1.29 is 0 Å². The Morgan fingerprint density at radius 2 is 2.25 bits per heavy atom. The van der Waals surface area contributed by atoms with Crippen molar-refractivity contribution >= 4 is 16.6 Å². The van der Waals surface area contributed by atoms with E-state index in [9.17, 15) is 0 Å². The SMILES string of the molecule is c1cc(NCc2cnc[nH]2)c2[nH]ncc2c1. The van der Waals surface area contributed by atoms with Gasteiger partial charge >= 0.3 is 0 Å². The quantitative estimate of drug-likeness (QED) is 0.622. The number of imidazole rings is 1. The summed E-state index contributed by atoms with van der Waals surface area (Å²) in [5.74, 6) is 0. The summed E-state index contributed by atoms with van der Waals surface area (Å²) in [5, 5.41) is 11.4. The zero-order chi connectivity index (χ0) is 10.8. The number of rotatable bonds is 3. The normalized spacial score (nSPS) is 10.8. The number of aromatic amines is 2. The molecule has 0 saturated carbocycles. The number of anilines is 1. The summed E-state index contributed by atoms with van der Waals surface area (Å²) in [6, 6.07) is 6.06. The topological polar surface area (TPSA) is 69.4 Å². The molecule has 80 valence electrons. The number of fused-ring (bicyclic) bond motifs is 1. The first-order chi connectivity index (χ1) is 7.93. The van der Waals surface area contributed by atoms with E-state index in [2.05, 4.69) is 25.5 Å². The third kappa shape index (κ3) is 1.52. The molecule has 0 amide bonds. The number of hydrogen-bond donors (Lipinski definition) is 3. The van der Waals surface area contributed by atoms with Crippen LogP contribution in [-0.2, 0) is 6.54 Å². The Hall–Kier alpha value is -2.30. The maximum absolute atomic E-state index is 4.02. The zero-order valence-electron chi connectivity index (χ0n) is 8.57. The van der Waals surface area contributed by atoms with Gasteiger partial charge in [0.2, 0.25) is 0 Å². The molecular weight excluding hydrogens is 202 g/mol. The Kier molecular flexibility index (Phi) is 2.07. The average Bonchev–Trinajstić information content (AvgIpc) is 2.97. The average molecular weight is 213 g/mol. The van der Waals surface area contributed by atoms with Crippen molar-refractivity contribution in [3.05, 3.63) is 42.6 Å². The molecule has 0 fully saturated rings. The lowest BCUT2D eigenvalue weighted by Gasteiger charge is -2.05. The van der Waals surface area contributed by atoms with Crippen LogP contribution in [0.5, 0.6) is 0 Å². The van der Waals surface area contributed by atoms with Gasteiger partial charge in [-0.25, -0.2) is 4.98 Å². The molecule has 5 heteroatoms. The van der Waals surface area contributed by atoms with E-state index in [1.807, 2.05) is 24.4 Å². The molecule has 16 heavy (non-hydrogen) atoms. The van der Waals surface area contributed by atoms with Gasteiger partial charge in [0.15, 0.2) is 0 Å². The molecule has 0 spiro atoms. The molecule has 0 unspecified atom stereocenters. The largest absolute Gasteiger partial charge is 0.378 e. The summed E-state index contributed by atoms with van der Waals surface area (Å²) in [4.78, 5) is 7.02. The first kappa shape index (κ1) is 8.96. The number of nitrogens with one attached hydrogen (secondary N) is 3. The Morgan fingerprint density at radius 1 is 1.25 bits per heavy atom. The van der Waals surface area contributed by atoms with E-state index in [0.29, 0.717) is 0 Å². The number of benzene rings is 1. The van der Waals surface area contributed by atoms with Crippen LogP contribution in [0.25, 0.3) is 10.9 Å². The van der Waals surface area contributed by atoms with Crippen LogP contribution < -0.4 is 5.32 Å². The zero-order valence-corrected chi connectivity index (χ0v) is 8.57. The van der Waals surface area contributed by atoms with E-state index < -0.39 is 0 Å². The van der Waals surface area contributed by atoms with Crippen molar-refractivity contribution in [1.29, 1.82) is 0 Å². The lowest BCUT2D eigenvalue weighted by atomic mass is 10.2. The molecule has 5 nitrogen and oxygen atoms in total. The van der Waals surface area contributed by atoms with Gasteiger partial charge in [-0.15, -0.1) is 0 Å². The van der Waals surface area contributed by atoms with Gasteiger partial charge in [0.1, 0.15) is 0 Å². The molecule has 1 aromatic carbocycles. The number of aromatic nitrogens is 4. The monoisotopic (exact) mass is 213 g/mol. The predicted molar refractivity (Wildman–Crippen MR) is 62.0 cm³/mol. The Labute approximate surface area is 91.9 Å². The summed E-state index contributed by atoms with van der Waals surface area (Å²) < 4.78 is 0. The van der Waals surface area contributed by atoms with Gasteiger partial charge in [-0.3, -0.25) is 5.10 Å². The molecule has 3 rings (SSSR count). The number of H-pyrrole nitrogens is 2. The summed E-state index contributed by atoms with van der Waals surface area (Å²) in [7, 11) is 0. The summed E-state index contributed by atoms with van der Waals surface area (Å²) in [5.41, 5.74) is 3.13. The summed E-state index contributed by atoms with van der Waals surface area (Å²) >= 11 is 0. The molecular formula is C11H11N5. The van der Waals surface area contributed by atoms with E-state index in [4.69, 9.17) is 0 Å². The molecule has 2 heterocycles. The van der Waals surface area contributed by atoms with Crippen LogP contribution in [0.15, 0.2) is 36.9 Å². The smallest absolute Gasteiger partial charge is 0.0922 e. The van der Waals surface area contributed by atoms with Crippen LogP contribution in [0.2, 0.25) is 0 Å². The Balaban J connectivity index is 1.86. The van der Waals surface area contributed by atoms with Gasteiger partial charge in [-0.1, -0.05) is 12.1 Å². The predicted octanol–water partition coefficient (Wildman–Crippen LogP) is 1.90. The van der Waals surface area contributed by atoms with E-state index >= 15 is 0 Å². The number of nitrogens with zero attached hydrogens (tertiary/aromatic N) is 2. The van der Waals surface area contributed by atoms with Gasteiger partial charge < -0.3 is 10.3 Å². The second-order valence-corrected chi connectivity index (χ2v) is 3.57. The molecule has 0 aliphatic heterocycles. The number of para-hydroxylation sites is 1. The van der Waals surface area contributed by atoms with Gasteiger partial charge in [-0.05, 0) is 6.07 Å². The fraction of sp³-hybridized carbons (Fsp3) is 0.0909. The molecule has 3 N–H and O–H groups in total. The first-order valence-electron chi connectivity index (χ1n) is 5.07. The minimum atomic E-state index is 0.720. The second-order valence-electron chi connectivity index (χ2n) is 3.57. The third-order valence-corrected chi connectivity index (χ3v) is 2.50. The minimum Gasteiger partial charge on any atom is -0.378 e. The van der Waals surface area contributed by atoms with Crippen molar-refractivity contribution in [3.63, 3.8) is 0 Å². The van der Waals surface area contributed by atoms with Crippen molar-refractivity contribution in [1.82, 2.24) is 20.2 Å². The highest BCUT2D eigenvalue weighted by atomic mass is 15.1. The third-order valence-electron chi connectivity index (χ3n) is 2.50. The highest BCUT2D eigenvalue weighted by Gasteiger charge is 2.02. The fourth-order valence-corrected chi connectivity index (χ4v) is 1.69. The minimum absolute atomic E-state index is 0.720. The van der Waals surface area contributed by atoms with Gasteiger partial charge in [0, 0.05) is 11.6 Å². The summed E-state index contributed by atoms with van der Waals surface area (Å²) in [6.45, 7) is 0.720. The van der Waals surface area contributed by atoms with Crippen LogP contribution in [0.1, 0.15) is 5.69 Å². The number of hydrogen-bond acceptors (Lipinski definition) is 3. The fourth-order valence-electron chi connectivity index (χ4n) is 1.69. The van der Waals surface area contributed by atoms with Gasteiger partial charge in [0.05, 0.1) is 36.0 Å². The van der Waals surface area contributed by atoms with Crippen molar-refractivity contribution in [2.45, 2.75) is 6.54 Å². The van der Waals surface area contributed by atoms with Crippen molar-refractivity contribution in [3.8, 4) is 0 Å². The lowest BCUT2D eigenvalue weighted by molar-refractivity contribution is 1.07. The van der Waals surface area contributed by atoms with E-state index in [0.717, 1.165) is 28.8 Å². The van der Waals surface area contributed by atoms with Gasteiger partial charge in [-0.2, -0.15) is 5.10 Å². The lowest BCUT2D eigenvalue weighted by Crippen LogP contribution is -1.99. The molecule has 0 saturated heterocycles. The molecule has 0 aliphatic carbocycles. The molecule has 2 aromatic heterocycles. The van der Waals surface area contributed by atoms with Crippen LogP contribution >= 0.6 is 0 Å². The van der Waals surface area contributed by atoms with Gasteiger partial charge in [0.25, 0.3) is 0 Å². The van der Waals surface area contributed by atoms with E-state index in [-0.39, 0.29) is 0 Å². The van der Waals surface area contributed by atoms with Crippen LogP contribution in [-0.4, -0.2) is 20.2 Å². The maximum atomic E-state index is 4.02. The standard InChI is InChI=1S/C11H11N5/c1-2-8-4-15-16-11(8)10(3-1)13-6-9-5-12-7-14-9/h1-5,7,13H,6H2,(H,12,14)(H,15,16). The van der Waals surface area contributed by atoms with E-state index in [1.54, 1.807) is 12.5 Å². The highest BCUT2D eigenvalue weighted by Crippen LogP contribution is 2.20. The molecule has 0 radical (unpaired) electrons. The Bertz CT molecular complexity index is 581.